The van der Waals surface area contributed by atoms with Gasteiger partial charge in [-0.3, -0.25) is 4.79 Å². The average Bonchev–Trinajstić information content (AvgIpc) is 2.55. The molecule has 2 rings (SSSR count). The highest BCUT2D eigenvalue weighted by atomic mass is 16.5. The van der Waals surface area contributed by atoms with Gasteiger partial charge in [0.15, 0.2) is 0 Å². The first-order valence-corrected chi connectivity index (χ1v) is 6.84. The van der Waals surface area contributed by atoms with Crippen molar-refractivity contribution in [1.82, 2.24) is 9.97 Å². The molecular weight excluding hydrogens is 300 g/mol. The fourth-order valence-electron chi connectivity index (χ4n) is 1.83. The zero-order chi connectivity index (χ0) is 16.8. The molecule has 0 amide bonds. The Kier molecular flexibility index (Phi) is 5.19. The van der Waals surface area contributed by atoms with Gasteiger partial charge in [0, 0.05) is 12.1 Å². The number of hydrogen-bond donors (Lipinski definition) is 3. The number of nitrogens with one attached hydrogen (secondary N) is 2. The zero-order valence-corrected chi connectivity index (χ0v) is 13.0. The maximum atomic E-state index is 10.9. The average molecular weight is 318 g/mol. The van der Waals surface area contributed by atoms with Gasteiger partial charge < -0.3 is 25.2 Å². The van der Waals surface area contributed by atoms with Gasteiger partial charge >= 0.3 is 5.97 Å². The zero-order valence-electron chi connectivity index (χ0n) is 13.0. The van der Waals surface area contributed by atoms with Gasteiger partial charge in [-0.1, -0.05) is 0 Å². The van der Waals surface area contributed by atoms with Crippen molar-refractivity contribution < 1.29 is 19.4 Å². The molecular formula is C15H18N4O4. The second-order valence-electron chi connectivity index (χ2n) is 4.68. The van der Waals surface area contributed by atoms with Crippen LogP contribution in [-0.4, -0.2) is 41.3 Å². The molecule has 3 N–H and O–H groups in total. The van der Waals surface area contributed by atoms with E-state index in [4.69, 9.17) is 14.6 Å². The lowest BCUT2D eigenvalue weighted by molar-refractivity contribution is -0.137. The molecule has 0 aliphatic carbocycles. The van der Waals surface area contributed by atoms with E-state index in [1.807, 2.05) is 0 Å². The van der Waals surface area contributed by atoms with Gasteiger partial charge in [-0.05, 0) is 19.1 Å². The van der Waals surface area contributed by atoms with Crippen LogP contribution in [0.3, 0.4) is 0 Å². The molecule has 1 aromatic heterocycles. The van der Waals surface area contributed by atoms with Crippen molar-refractivity contribution in [3.8, 4) is 11.5 Å². The number of carbonyl (C=O) groups is 1. The van der Waals surface area contributed by atoms with Crippen LogP contribution in [0.15, 0.2) is 30.6 Å². The minimum Gasteiger partial charge on any atom is -0.497 e. The second-order valence-corrected chi connectivity index (χ2v) is 4.68. The van der Waals surface area contributed by atoms with Crippen LogP contribution in [0.25, 0.3) is 0 Å². The summed E-state index contributed by atoms with van der Waals surface area (Å²) in [5, 5.41) is 14.8. The highest BCUT2D eigenvalue weighted by molar-refractivity contribution is 5.76. The van der Waals surface area contributed by atoms with Gasteiger partial charge in [-0.25, -0.2) is 9.97 Å². The smallest absolute Gasteiger partial charge is 0.325 e. The number of nitrogens with zero attached hydrogens (tertiary/aromatic N) is 2. The van der Waals surface area contributed by atoms with Gasteiger partial charge in [0.2, 0.25) is 0 Å². The predicted molar refractivity (Wildman–Crippen MR) is 85.6 cm³/mol. The van der Waals surface area contributed by atoms with E-state index in [2.05, 4.69) is 20.6 Å². The summed E-state index contributed by atoms with van der Waals surface area (Å²) in [7, 11) is 3.13. The van der Waals surface area contributed by atoms with E-state index in [9.17, 15) is 4.79 Å². The number of rotatable bonds is 7. The van der Waals surface area contributed by atoms with E-state index in [0.717, 1.165) is 0 Å². The quantitative estimate of drug-likeness (QED) is 0.713. The largest absolute Gasteiger partial charge is 0.497 e. The number of carboxylic acid groups (broad SMARTS) is 1. The molecule has 1 atom stereocenters. The number of hydrogen-bond acceptors (Lipinski definition) is 7. The first-order chi connectivity index (χ1) is 11.0. The van der Waals surface area contributed by atoms with Crippen LogP contribution < -0.4 is 20.1 Å². The molecule has 0 aliphatic heterocycles. The SMILES string of the molecule is COc1ccc(Nc2cc(N[C@H](C)C(=O)O)ncn2)c(OC)c1. The molecule has 0 spiro atoms. The van der Waals surface area contributed by atoms with Gasteiger partial charge in [0.1, 0.15) is 35.5 Å². The molecule has 8 heteroatoms. The first kappa shape index (κ1) is 16.3. The number of carboxylic acids is 1. The summed E-state index contributed by atoms with van der Waals surface area (Å²) in [5.74, 6) is 1.22. The fraction of sp³-hybridized carbons (Fsp3) is 0.267. The molecule has 8 nitrogen and oxygen atoms in total. The summed E-state index contributed by atoms with van der Waals surface area (Å²) in [6.45, 7) is 1.53. The van der Waals surface area contributed by atoms with Crippen LogP contribution in [0.2, 0.25) is 0 Å². The lowest BCUT2D eigenvalue weighted by atomic mass is 10.2. The van der Waals surface area contributed by atoms with E-state index < -0.39 is 12.0 Å². The van der Waals surface area contributed by atoms with E-state index in [1.54, 1.807) is 38.5 Å². The summed E-state index contributed by atoms with van der Waals surface area (Å²) < 4.78 is 10.5. The van der Waals surface area contributed by atoms with Crippen molar-refractivity contribution in [1.29, 1.82) is 0 Å². The Labute approximate surface area is 133 Å². The molecule has 0 fully saturated rings. The van der Waals surface area contributed by atoms with Gasteiger partial charge in [-0.15, -0.1) is 0 Å². The second kappa shape index (κ2) is 7.30. The van der Waals surface area contributed by atoms with Crippen LogP contribution >= 0.6 is 0 Å². The van der Waals surface area contributed by atoms with Crippen molar-refractivity contribution in [3.63, 3.8) is 0 Å². The molecule has 2 aromatic rings. The number of aliphatic carboxylic acids is 1. The first-order valence-electron chi connectivity index (χ1n) is 6.84. The van der Waals surface area contributed by atoms with Crippen LogP contribution in [0.4, 0.5) is 17.3 Å². The van der Waals surface area contributed by atoms with Crippen LogP contribution in [-0.2, 0) is 4.79 Å². The lowest BCUT2D eigenvalue weighted by Gasteiger charge is -2.13. The van der Waals surface area contributed by atoms with Crippen molar-refractivity contribution in [3.05, 3.63) is 30.6 Å². The molecule has 0 unspecified atom stereocenters. The van der Waals surface area contributed by atoms with Crippen LogP contribution in [0, 0.1) is 0 Å². The third-order valence-electron chi connectivity index (χ3n) is 3.07. The maximum Gasteiger partial charge on any atom is 0.325 e. The van der Waals surface area contributed by atoms with Crippen molar-refractivity contribution in [2.75, 3.05) is 24.9 Å². The summed E-state index contributed by atoms with van der Waals surface area (Å²) in [4.78, 5) is 19.0. The fourth-order valence-corrected chi connectivity index (χ4v) is 1.83. The molecule has 0 radical (unpaired) electrons. The lowest BCUT2D eigenvalue weighted by Crippen LogP contribution is -2.25. The van der Waals surface area contributed by atoms with Crippen LogP contribution in [0.5, 0.6) is 11.5 Å². The summed E-state index contributed by atoms with van der Waals surface area (Å²) in [6, 6.07) is 6.19. The minimum atomic E-state index is -0.963. The third-order valence-corrected chi connectivity index (χ3v) is 3.07. The Balaban J connectivity index is 2.19. The van der Waals surface area contributed by atoms with E-state index in [-0.39, 0.29) is 0 Å². The Hall–Kier alpha value is -3.03. The van der Waals surface area contributed by atoms with Crippen molar-refractivity contribution in [2.45, 2.75) is 13.0 Å². The number of methoxy groups -OCH3 is 2. The highest BCUT2D eigenvalue weighted by Crippen LogP contribution is 2.31. The molecule has 0 saturated heterocycles. The molecule has 0 aliphatic rings. The van der Waals surface area contributed by atoms with Gasteiger partial charge in [0.25, 0.3) is 0 Å². The summed E-state index contributed by atoms with van der Waals surface area (Å²) in [6.07, 6.45) is 1.34. The molecule has 0 bridgehead atoms. The van der Waals surface area contributed by atoms with Crippen molar-refractivity contribution >= 4 is 23.3 Å². The monoisotopic (exact) mass is 318 g/mol. The van der Waals surface area contributed by atoms with Crippen LogP contribution in [0.1, 0.15) is 6.92 Å². The molecule has 1 heterocycles. The summed E-state index contributed by atoms with van der Waals surface area (Å²) >= 11 is 0. The summed E-state index contributed by atoms with van der Waals surface area (Å²) in [5.41, 5.74) is 0.698. The van der Waals surface area contributed by atoms with Gasteiger partial charge in [0.05, 0.1) is 19.9 Å². The molecule has 23 heavy (non-hydrogen) atoms. The van der Waals surface area contributed by atoms with Crippen molar-refractivity contribution in [2.24, 2.45) is 0 Å². The highest BCUT2D eigenvalue weighted by Gasteiger charge is 2.12. The Morgan fingerprint density at radius 3 is 2.57 bits per heavy atom. The molecule has 1 aromatic carbocycles. The Morgan fingerprint density at radius 2 is 1.91 bits per heavy atom. The topological polar surface area (TPSA) is 106 Å². The van der Waals surface area contributed by atoms with Gasteiger partial charge in [-0.2, -0.15) is 0 Å². The Bertz CT molecular complexity index is 693. The molecule has 122 valence electrons. The number of anilines is 3. The number of benzene rings is 1. The normalized spacial score (nSPS) is 11.4. The maximum absolute atomic E-state index is 10.9. The minimum absolute atomic E-state index is 0.407. The number of ether oxygens (including phenoxy) is 2. The van der Waals surface area contributed by atoms with E-state index >= 15 is 0 Å². The number of aromatic nitrogens is 2. The third kappa shape index (κ3) is 4.22. The predicted octanol–water partition coefficient (Wildman–Crippen LogP) is 2.12. The van der Waals surface area contributed by atoms with E-state index in [0.29, 0.717) is 28.8 Å². The van der Waals surface area contributed by atoms with E-state index in [1.165, 1.54) is 13.3 Å². The Morgan fingerprint density at radius 1 is 1.17 bits per heavy atom. The molecule has 0 saturated carbocycles. The standard InChI is InChI=1S/C15H18N4O4/c1-9(15(20)21)18-13-7-14(17-8-16-13)19-11-5-4-10(22-2)6-12(11)23-3/h4-9H,1-3H3,(H,20,21)(H2,16,17,18,19)/t9-/m1/s1.